The van der Waals surface area contributed by atoms with E-state index in [2.05, 4.69) is 53.2 Å². The van der Waals surface area contributed by atoms with Crippen LogP contribution in [0.2, 0.25) is 0 Å². The third kappa shape index (κ3) is 6.85. The Morgan fingerprint density at radius 2 is 1.50 bits per heavy atom. The average molecular weight is 590 g/mol. The van der Waals surface area contributed by atoms with Gasteiger partial charge in [0.05, 0.1) is 11.6 Å². The van der Waals surface area contributed by atoms with Crippen LogP contribution in [0.1, 0.15) is 61.6 Å². The molecule has 8 heteroatoms. The molecule has 0 bridgehead atoms. The van der Waals surface area contributed by atoms with Crippen LogP contribution in [0.25, 0.3) is 11.0 Å². The molecule has 0 saturated carbocycles. The highest BCUT2D eigenvalue weighted by Crippen LogP contribution is 2.23. The number of rotatable bonds is 7. The second-order valence-electron chi connectivity index (χ2n) is 12.2. The monoisotopic (exact) mass is 589 g/mol. The van der Waals surface area contributed by atoms with Gasteiger partial charge < -0.3 is 14.6 Å². The number of aryl methyl sites for hydroxylation is 2. The van der Waals surface area contributed by atoms with Crippen molar-refractivity contribution >= 4 is 22.8 Å². The van der Waals surface area contributed by atoms with Gasteiger partial charge in [-0.1, -0.05) is 30.3 Å². The van der Waals surface area contributed by atoms with Crippen LogP contribution in [-0.4, -0.2) is 71.8 Å². The molecule has 6 rings (SSSR count). The normalized spacial score (nSPS) is 16.6. The molecule has 1 N–H and O–H groups in total. The van der Waals surface area contributed by atoms with Crippen molar-refractivity contribution in [1.82, 2.24) is 20.0 Å². The van der Waals surface area contributed by atoms with Crippen LogP contribution in [0, 0.1) is 25.2 Å². The molecule has 2 fully saturated rings. The van der Waals surface area contributed by atoms with Crippen molar-refractivity contribution in [2.45, 2.75) is 45.8 Å². The molecule has 8 nitrogen and oxygen atoms in total. The quantitative estimate of drug-likeness (QED) is 0.316. The maximum Gasteiger partial charge on any atom is 0.287 e. The minimum absolute atomic E-state index is 0.0118. The summed E-state index contributed by atoms with van der Waals surface area (Å²) in [4.78, 5) is 33.1. The smallest absolute Gasteiger partial charge is 0.287 e. The molecule has 3 heterocycles. The van der Waals surface area contributed by atoms with Crippen molar-refractivity contribution in [3.63, 3.8) is 0 Å². The van der Waals surface area contributed by atoms with E-state index in [-0.39, 0.29) is 23.6 Å². The molecule has 226 valence electrons. The third-order valence-corrected chi connectivity index (χ3v) is 9.04. The van der Waals surface area contributed by atoms with Crippen LogP contribution < -0.4 is 5.32 Å². The predicted octanol–water partition coefficient (Wildman–Crippen LogP) is 5.27. The second-order valence-corrected chi connectivity index (χ2v) is 12.2. The number of piperazine rings is 1. The van der Waals surface area contributed by atoms with E-state index in [0.717, 1.165) is 57.5 Å². The first-order valence-corrected chi connectivity index (χ1v) is 15.5. The Kier molecular flexibility index (Phi) is 8.78. The molecule has 0 unspecified atom stereocenters. The number of furan rings is 1. The molecule has 0 radical (unpaired) electrons. The minimum atomic E-state index is -0.223. The van der Waals surface area contributed by atoms with Gasteiger partial charge in [0, 0.05) is 69.3 Å². The van der Waals surface area contributed by atoms with Crippen LogP contribution in [0.4, 0.5) is 0 Å². The van der Waals surface area contributed by atoms with Gasteiger partial charge in [0.2, 0.25) is 0 Å². The van der Waals surface area contributed by atoms with Crippen molar-refractivity contribution in [1.29, 1.82) is 5.26 Å². The summed E-state index contributed by atoms with van der Waals surface area (Å²) < 4.78 is 5.88. The Morgan fingerprint density at radius 3 is 2.20 bits per heavy atom. The first-order valence-electron chi connectivity index (χ1n) is 15.5. The fourth-order valence-electron chi connectivity index (χ4n) is 6.17. The number of fused-ring (bicyclic) bond motifs is 1. The SMILES string of the molecule is Cc1ccc(CN2CCN(C(=O)c3ccc4oc(C(=O)NC5CCN(Cc6ccc(C#N)cc6)CC5)cc4c3)CC2)cc1C. The topological polar surface area (TPSA) is 92.8 Å². The van der Waals surface area contributed by atoms with Gasteiger partial charge in [0.15, 0.2) is 5.76 Å². The van der Waals surface area contributed by atoms with Gasteiger partial charge in [0.1, 0.15) is 5.58 Å². The number of piperidine rings is 1. The number of carbonyl (C=O) groups is 2. The Morgan fingerprint density at radius 1 is 0.818 bits per heavy atom. The standard InChI is InChI=1S/C36H39N5O3/c1-25-3-4-29(19-26(25)2)24-40-15-17-41(18-16-40)36(43)30-9-10-33-31(20-30)21-34(44-33)35(42)38-32-11-13-39(14-12-32)23-28-7-5-27(22-37)6-8-28/h3-10,19-21,32H,11-18,23-24H2,1-2H3,(H,38,42). The maximum absolute atomic E-state index is 13.3. The zero-order chi connectivity index (χ0) is 30.6. The molecular weight excluding hydrogens is 550 g/mol. The lowest BCUT2D eigenvalue weighted by Gasteiger charge is -2.35. The van der Waals surface area contributed by atoms with E-state index in [9.17, 15) is 9.59 Å². The van der Waals surface area contributed by atoms with E-state index >= 15 is 0 Å². The van der Waals surface area contributed by atoms with Crippen molar-refractivity contribution in [2.75, 3.05) is 39.3 Å². The van der Waals surface area contributed by atoms with Crippen molar-refractivity contribution in [3.05, 3.63) is 106 Å². The van der Waals surface area contributed by atoms with E-state index in [1.165, 1.54) is 22.3 Å². The van der Waals surface area contributed by atoms with E-state index in [1.807, 2.05) is 35.2 Å². The van der Waals surface area contributed by atoms with E-state index in [4.69, 9.17) is 9.68 Å². The number of likely N-dealkylation sites (tertiary alicyclic amines) is 1. The van der Waals surface area contributed by atoms with Crippen LogP contribution in [0.3, 0.4) is 0 Å². The lowest BCUT2D eigenvalue weighted by molar-refractivity contribution is 0.0628. The molecule has 44 heavy (non-hydrogen) atoms. The number of hydrogen-bond acceptors (Lipinski definition) is 6. The lowest BCUT2D eigenvalue weighted by Crippen LogP contribution is -2.48. The summed E-state index contributed by atoms with van der Waals surface area (Å²) in [6.45, 7) is 10.8. The predicted molar refractivity (Wildman–Crippen MR) is 170 cm³/mol. The number of nitrogens with zero attached hydrogens (tertiary/aromatic N) is 4. The first kappa shape index (κ1) is 29.6. The number of hydrogen-bond donors (Lipinski definition) is 1. The van der Waals surface area contributed by atoms with Crippen molar-refractivity contribution in [3.8, 4) is 6.07 Å². The lowest BCUT2D eigenvalue weighted by atomic mass is 10.0. The second kappa shape index (κ2) is 13.0. The summed E-state index contributed by atoms with van der Waals surface area (Å²) in [5.74, 6) is 0.0572. The molecule has 0 aliphatic carbocycles. The molecule has 4 aromatic rings. The van der Waals surface area contributed by atoms with Crippen LogP contribution in [-0.2, 0) is 13.1 Å². The highest BCUT2D eigenvalue weighted by Gasteiger charge is 2.25. The van der Waals surface area contributed by atoms with Gasteiger partial charge in [-0.05, 0) is 85.3 Å². The van der Waals surface area contributed by atoms with Crippen molar-refractivity contribution in [2.24, 2.45) is 0 Å². The van der Waals surface area contributed by atoms with Gasteiger partial charge >= 0.3 is 0 Å². The average Bonchev–Trinajstić information content (AvgIpc) is 3.48. The van der Waals surface area contributed by atoms with Crippen LogP contribution in [0.15, 0.2) is 71.1 Å². The van der Waals surface area contributed by atoms with Crippen LogP contribution in [0.5, 0.6) is 0 Å². The Hall–Kier alpha value is -4.45. The van der Waals surface area contributed by atoms with Gasteiger partial charge in [-0.15, -0.1) is 0 Å². The molecule has 2 aliphatic heterocycles. The zero-order valence-corrected chi connectivity index (χ0v) is 25.5. The Bertz CT molecular complexity index is 1690. The minimum Gasteiger partial charge on any atom is -0.451 e. The number of nitriles is 1. The summed E-state index contributed by atoms with van der Waals surface area (Å²) in [7, 11) is 0. The summed E-state index contributed by atoms with van der Waals surface area (Å²) in [5.41, 5.74) is 6.99. The molecule has 1 aromatic heterocycles. The number of nitrogens with one attached hydrogen (secondary N) is 1. The van der Waals surface area contributed by atoms with Gasteiger partial charge in [-0.25, -0.2) is 0 Å². The number of amides is 2. The van der Waals surface area contributed by atoms with Crippen LogP contribution >= 0.6 is 0 Å². The van der Waals surface area contributed by atoms with E-state index < -0.39 is 0 Å². The molecule has 2 amide bonds. The molecule has 0 atom stereocenters. The summed E-state index contributed by atoms with van der Waals surface area (Å²) in [5, 5.41) is 12.9. The number of carbonyl (C=O) groups excluding carboxylic acids is 2. The first-order chi connectivity index (χ1) is 21.3. The number of benzene rings is 3. The highest BCUT2D eigenvalue weighted by atomic mass is 16.3. The van der Waals surface area contributed by atoms with Gasteiger partial charge in [-0.2, -0.15) is 5.26 Å². The Balaban J connectivity index is 0.996. The maximum atomic E-state index is 13.3. The molecule has 0 spiro atoms. The summed E-state index contributed by atoms with van der Waals surface area (Å²) >= 11 is 0. The summed E-state index contributed by atoms with van der Waals surface area (Å²) in [6.07, 6.45) is 1.72. The largest absolute Gasteiger partial charge is 0.451 e. The Labute approximate surface area is 258 Å². The molecule has 2 saturated heterocycles. The van der Waals surface area contributed by atoms with E-state index in [0.29, 0.717) is 29.8 Å². The summed E-state index contributed by atoms with van der Waals surface area (Å²) in [6, 6.07) is 23.7. The third-order valence-electron chi connectivity index (χ3n) is 9.04. The molecule has 2 aliphatic rings. The van der Waals surface area contributed by atoms with Gasteiger partial charge in [-0.3, -0.25) is 19.4 Å². The zero-order valence-electron chi connectivity index (χ0n) is 25.5. The fourth-order valence-corrected chi connectivity index (χ4v) is 6.17. The highest BCUT2D eigenvalue weighted by molar-refractivity contribution is 6.00. The van der Waals surface area contributed by atoms with Gasteiger partial charge in [0.25, 0.3) is 11.8 Å². The fraction of sp³-hybridized carbons (Fsp3) is 0.361. The molecular formula is C36H39N5O3. The van der Waals surface area contributed by atoms with Crippen molar-refractivity contribution < 1.29 is 14.0 Å². The van der Waals surface area contributed by atoms with E-state index in [1.54, 1.807) is 18.2 Å². The molecule has 3 aromatic carbocycles.